The average molecular weight is 268 g/mol. The van der Waals surface area contributed by atoms with Gasteiger partial charge in [0.25, 0.3) is 11.6 Å². The molecule has 7 nitrogen and oxygen atoms in total. The van der Waals surface area contributed by atoms with E-state index in [1.807, 2.05) is 0 Å². The van der Waals surface area contributed by atoms with Gasteiger partial charge in [-0.1, -0.05) is 6.07 Å². The lowest BCUT2D eigenvalue weighted by Gasteiger charge is -2.17. The van der Waals surface area contributed by atoms with E-state index in [1.54, 1.807) is 6.92 Å². The highest BCUT2D eigenvalue weighted by Gasteiger charge is 2.27. The predicted octanol–water partition coefficient (Wildman–Crippen LogP) is 1.06. The number of aliphatic hydroxyl groups is 1. The summed E-state index contributed by atoms with van der Waals surface area (Å²) in [6, 6.07) is 4.23. The van der Waals surface area contributed by atoms with Gasteiger partial charge in [0.15, 0.2) is 5.56 Å². The van der Waals surface area contributed by atoms with Gasteiger partial charge in [0, 0.05) is 19.7 Å². The third kappa shape index (κ3) is 3.41. The standard InChI is InChI=1S/C12H16N2O5/c1-3-19-10-6-4-5-9(14(17)18)11(10)12(16)13(2)7-8-15/h4-6,15H,3,7-8H2,1-2H3. The van der Waals surface area contributed by atoms with E-state index in [4.69, 9.17) is 9.84 Å². The predicted molar refractivity (Wildman–Crippen MR) is 68.3 cm³/mol. The number of likely N-dealkylation sites (N-methyl/N-ethyl adjacent to an activating group) is 1. The van der Waals surface area contributed by atoms with Crippen molar-refractivity contribution < 1.29 is 19.6 Å². The maximum Gasteiger partial charge on any atom is 0.285 e. The van der Waals surface area contributed by atoms with Crippen LogP contribution >= 0.6 is 0 Å². The fraction of sp³-hybridized carbons (Fsp3) is 0.417. The zero-order valence-electron chi connectivity index (χ0n) is 10.8. The van der Waals surface area contributed by atoms with Crippen molar-refractivity contribution in [2.75, 3.05) is 26.8 Å². The number of carbonyl (C=O) groups is 1. The monoisotopic (exact) mass is 268 g/mol. The lowest BCUT2D eigenvalue weighted by molar-refractivity contribution is -0.385. The van der Waals surface area contributed by atoms with Crippen LogP contribution in [-0.2, 0) is 0 Å². The Labute approximate surface area is 110 Å². The molecule has 0 heterocycles. The Bertz CT molecular complexity index is 475. The van der Waals surface area contributed by atoms with Crippen LogP contribution in [-0.4, -0.2) is 47.6 Å². The molecular formula is C12H16N2O5. The Morgan fingerprint density at radius 1 is 1.53 bits per heavy atom. The molecule has 1 aromatic rings. The highest BCUT2D eigenvalue weighted by molar-refractivity contribution is 6.00. The summed E-state index contributed by atoms with van der Waals surface area (Å²) in [6.45, 7) is 1.90. The van der Waals surface area contributed by atoms with E-state index in [1.165, 1.54) is 30.1 Å². The van der Waals surface area contributed by atoms with Crippen LogP contribution in [0, 0.1) is 10.1 Å². The molecule has 0 aliphatic heterocycles. The third-order valence-electron chi connectivity index (χ3n) is 2.50. The van der Waals surface area contributed by atoms with E-state index in [0.717, 1.165) is 0 Å². The summed E-state index contributed by atoms with van der Waals surface area (Å²) in [7, 11) is 1.46. The topological polar surface area (TPSA) is 92.9 Å². The molecule has 0 aliphatic carbocycles. The molecule has 0 saturated carbocycles. The van der Waals surface area contributed by atoms with Gasteiger partial charge in [0.1, 0.15) is 5.75 Å². The molecule has 1 N–H and O–H groups in total. The molecule has 104 valence electrons. The summed E-state index contributed by atoms with van der Waals surface area (Å²) in [4.78, 5) is 23.8. The van der Waals surface area contributed by atoms with E-state index in [-0.39, 0.29) is 30.2 Å². The molecule has 1 rings (SSSR count). The summed E-state index contributed by atoms with van der Waals surface area (Å²) in [5.74, 6) is -0.378. The minimum Gasteiger partial charge on any atom is -0.493 e. The first-order valence-electron chi connectivity index (χ1n) is 5.79. The molecular weight excluding hydrogens is 252 g/mol. The van der Waals surface area contributed by atoms with Gasteiger partial charge in [-0.2, -0.15) is 0 Å². The van der Waals surface area contributed by atoms with Crippen molar-refractivity contribution >= 4 is 11.6 Å². The fourth-order valence-corrected chi connectivity index (χ4v) is 1.60. The summed E-state index contributed by atoms with van der Waals surface area (Å²) in [5, 5.41) is 19.8. The van der Waals surface area contributed by atoms with Gasteiger partial charge in [0.05, 0.1) is 18.1 Å². The molecule has 0 atom stereocenters. The maximum absolute atomic E-state index is 12.2. The molecule has 0 radical (unpaired) electrons. The van der Waals surface area contributed by atoms with Crippen LogP contribution < -0.4 is 4.74 Å². The molecule has 0 bridgehead atoms. The number of ether oxygens (including phenoxy) is 1. The summed E-state index contributed by atoms with van der Waals surface area (Å²) < 4.78 is 5.26. The molecule has 0 spiro atoms. The number of nitro groups is 1. The van der Waals surface area contributed by atoms with Crippen LogP contribution in [0.15, 0.2) is 18.2 Å². The summed E-state index contributed by atoms with van der Waals surface area (Å²) >= 11 is 0. The Kier molecular flexibility index (Phi) is 5.25. The first-order valence-corrected chi connectivity index (χ1v) is 5.79. The zero-order chi connectivity index (χ0) is 14.4. The number of hydrogen-bond donors (Lipinski definition) is 1. The summed E-state index contributed by atoms with van der Waals surface area (Å²) in [6.07, 6.45) is 0. The summed E-state index contributed by atoms with van der Waals surface area (Å²) in [5.41, 5.74) is -0.397. The van der Waals surface area contributed by atoms with Crippen molar-refractivity contribution in [3.63, 3.8) is 0 Å². The number of aliphatic hydroxyl groups excluding tert-OH is 1. The van der Waals surface area contributed by atoms with E-state index in [2.05, 4.69) is 0 Å². The Balaban J connectivity index is 3.27. The van der Waals surface area contributed by atoms with Gasteiger partial charge in [-0.25, -0.2) is 0 Å². The van der Waals surface area contributed by atoms with Gasteiger partial charge in [-0.05, 0) is 13.0 Å². The number of amides is 1. The van der Waals surface area contributed by atoms with Crippen molar-refractivity contribution in [2.45, 2.75) is 6.92 Å². The minimum atomic E-state index is -0.622. The van der Waals surface area contributed by atoms with Gasteiger partial charge in [0.2, 0.25) is 0 Å². The Morgan fingerprint density at radius 3 is 2.74 bits per heavy atom. The third-order valence-corrected chi connectivity index (χ3v) is 2.50. The van der Waals surface area contributed by atoms with E-state index in [0.29, 0.717) is 6.61 Å². The minimum absolute atomic E-state index is 0.0923. The second-order valence-electron chi connectivity index (χ2n) is 3.79. The molecule has 1 amide bonds. The molecule has 7 heteroatoms. The number of rotatable bonds is 6. The van der Waals surface area contributed by atoms with Crippen molar-refractivity contribution in [1.29, 1.82) is 0 Å². The van der Waals surface area contributed by atoms with Crippen LogP contribution in [0.1, 0.15) is 17.3 Å². The van der Waals surface area contributed by atoms with Crippen molar-refractivity contribution in [3.05, 3.63) is 33.9 Å². The smallest absolute Gasteiger partial charge is 0.285 e. The fourth-order valence-electron chi connectivity index (χ4n) is 1.60. The normalized spacial score (nSPS) is 10.1. The largest absolute Gasteiger partial charge is 0.493 e. The van der Waals surface area contributed by atoms with Gasteiger partial charge < -0.3 is 14.7 Å². The highest BCUT2D eigenvalue weighted by Crippen LogP contribution is 2.29. The van der Waals surface area contributed by atoms with Crippen LogP contribution in [0.4, 0.5) is 5.69 Å². The molecule has 0 aliphatic rings. The average Bonchev–Trinajstić information content (AvgIpc) is 2.38. The SMILES string of the molecule is CCOc1cccc([N+](=O)[O-])c1C(=O)N(C)CCO. The number of hydrogen-bond acceptors (Lipinski definition) is 5. The van der Waals surface area contributed by atoms with Crippen LogP contribution in [0.2, 0.25) is 0 Å². The van der Waals surface area contributed by atoms with E-state index >= 15 is 0 Å². The number of benzene rings is 1. The van der Waals surface area contributed by atoms with E-state index < -0.39 is 10.8 Å². The molecule has 19 heavy (non-hydrogen) atoms. The van der Waals surface area contributed by atoms with Crippen LogP contribution in [0.5, 0.6) is 5.75 Å². The highest BCUT2D eigenvalue weighted by atomic mass is 16.6. The van der Waals surface area contributed by atoms with Crippen molar-refractivity contribution in [1.82, 2.24) is 4.90 Å². The van der Waals surface area contributed by atoms with Crippen LogP contribution in [0.3, 0.4) is 0 Å². The van der Waals surface area contributed by atoms with Gasteiger partial charge in [-0.15, -0.1) is 0 Å². The van der Waals surface area contributed by atoms with Crippen LogP contribution in [0.25, 0.3) is 0 Å². The van der Waals surface area contributed by atoms with E-state index in [9.17, 15) is 14.9 Å². The lowest BCUT2D eigenvalue weighted by Crippen LogP contribution is -2.30. The molecule has 0 unspecified atom stereocenters. The Hall–Kier alpha value is -2.15. The molecule has 0 fully saturated rings. The molecule has 1 aromatic carbocycles. The number of carbonyl (C=O) groups excluding carboxylic acids is 1. The number of nitro benzene ring substituents is 1. The first kappa shape index (κ1) is 14.9. The zero-order valence-corrected chi connectivity index (χ0v) is 10.8. The second-order valence-corrected chi connectivity index (χ2v) is 3.79. The molecule has 0 saturated heterocycles. The lowest BCUT2D eigenvalue weighted by atomic mass is 10.1. The van der Waals surface area contributed by atoms with Gasteiger partial charge >= 0.3 is 0 Å². The van der Waals surface area contributed by atoms with Crippen molar-refractivity contribution in [3.8, 4) is 5.75 Å². The van der Waals surface area contributed by atoms with Gasteiger partial charge in [-0.3, -0.25) is 14.9 Å². The second kappa shape index (κ2) is 6.69. The quantitative estimate of drug-likeness (QED) is 0.615. The van der Waals surface area contributed by atoms with Crippen molar-refractivity contribution in [2.24, 2.45) is 0 Å². The Morgan fingerprint density at radius 2 is 2.21 bits per heavy atom. The molecule has 0 aromatic heterocycles. The maximum atomic E-state index is 12.2. The first-order chi connectivity index (χ1) is 9.02. The number of nitrogens with zero attached hydrogens (tertiary/aromatic N) is 2.